The van der Waals surface area contributed by atoms with Crippen LogP contribution in [0.15, 0.2) is 29.2 Å². The molecule has 1 fully saturated rings. The van der Waals surface area contributed by atoms with Gasteiger partial charge in [0.2, 0.25) is 0 Å². The summed E-state index contributed by atoms with van der Waals surface area (Å²) in [6.45, 7) is -0.485. The first-order chi connectivity index (χ1) is 11.1. The molecule has 0 spiro atoms. The van der Waals surface area contributed by atoms with Gasteiger partial charge in [-0.3, -0.25) is 9.69 Å². The molecule has 0 aromatic heterocycles. The number of benzene rings is 1. The van der Waals surface area contributed by atoms with E-state index in [1.54, 1.807) is 6.07 Å². The summed E-state index contributed by atoms with van der Waals surface area (Å²) in [5.41, 5.74) is 0.0534. The molecule has 1 saturated heterocycles. The molecule has 24 heavy (non-hydrogen) atoms. The van der Waals surface area contributed by atoms with Crippen molar-refractivity contribution in [1.29, 1.82) is 0 Å². The molecule has 1 aliphatic rings. The molecule has 0 saturated carbocycles. The van der Waals surface area contributed by atoms with E-state index in [1.165, 1.54) is 23.1 Å². The first kappa shape index (κ1) is 18.7. The second-order valence-corrected chi connectivity index (χ2v) is 7.89. The average molecular weight is 364 g/mol. The van der Waals surface area contributed by atoms with E-state index in [4.69, 9.17) is 0 Å². The first-order valence-electron chi connectivity index (χ1n) is 7.45. The van der Waals surface area contributed by atoms with Crippen LogP contribution in [0.4, 0.5) is 13.2 Å². The van der Waals surface area contributed by atoms with E-state index in [0.29, 0.717) is 12.8 Å². The zero-order chi connectivity index (χ0) is 18.0. The van der Waals surface area contributed by atoms with Gasteiger partial charge in [0.25, 0.3) is 5.91 Å². The highest BCUT2D eigenvalue weighted by Crippen LogP contribution is 2.20. The van der Waals surface area contributed by atoms with Crippen LogP contribution in [0.1, 0.15) is 23.2 Å². The largest absolute Gasteiger partial charge is 0.401 e. The molecule has 2 rings (SSSR count). The molecule has 0 bridgehead atoms. The van der Waals surface area contributed by atoms with Crippen LogP contribution in [0.3, 0.4) is 0 Å². The van der Waals surface area contributed by atoms with Crippen LogP contribution in [-0.2, 0) is 9.84 Å². The van der Waals surface area contributed by atoms with Crippen LogP contribution in [0.5, 0.6) is 0 Å². The number of sulfone groups is 1. The van der Waals surface area contributed by atoms with Crippen LogP contribution >= 0.6 is 0 Å². The Hall–Kier alpha value is -1.61. The lowest BCUT2D eigenvalue weighted by Crippen LogP contribution is -2.47. The topological polar surface area (TPSA) is 66.5 Å². The molecular formula is C15H19F3N2O3S. The molecule has 1 N–H and O–H groups in total. The van der Waals surface area contributed by atoms with Crippen molar-refractivity contribution >= 4 is 15.7 Å². The van der Waals surface area contributed by atoms with Crippen LogP contribution < -0.4 is 5.32 Å². The third kappa shape index (κ3) is 5.20. The third-order valence-corrected chi connectivity index (χ3v) is 5.01. The first-order valence-corrected chi connectivity index (χ1v) is 9.34. The highest BCUT2D eigenvalue weighted by Gasteiger charge is 2.33. The average Bonchev–Trinajstić information content (AvgIpc) is 2.47. The number of amides is 1. The number of carbonyl (C=O) groups is 1. The molecule has 1 aliphatic heterocycles. The molecule has 9 heteroatoms. The van der Waals surface area contributed by atoms with Gasteiger partial charge in [-0.05, 0) is 25.0 Å². The van der Waals surface area contributed by atoms with Crippen molar-refractivity contribution in [2.45, 2.75) is 30.0 Å². The van der Waals surface area contributed by atoms with E-state index >= 15 is 0 Å². The van der Waals surface area contributed by atoms with Gasteiger partial charge in [0, 0.05) is 25.4 Å². The minimum atomic E-state index is -4.23. The Bertz CT molecular complexity index is 696. The SMILES string of the molecule is CS(=O)(=O)c1ccccc1C(=O)NC1CCN(CC(F)(F)F)CC1. The van der Waals surface area contributed by atoms with Gasteiger partial charge in [0.05, 0.1) is 17.0 Å². The lowest BCUT2D eigenvalue weighted by atomic mass is 10.0. The van der Waals surface area contributed by atoms with Gasteiger partial charge in [-0.15, -0.1) is 0 Å². The summed E-state index contributed by atoms with van der Waals surface area (Å²) in [5, 5.41) is 2.72. The third-order valence-electron chi connectivity index (χ3n) is 3.86. The number of hydrogen-bond acceptors (Lipinski definition) is 4. The minimum absolute atomic E-state index is 0.0534. The number of halogens is 3. The van der Waals surface area contributed by atoms with Gasteiger partial charge in [-0.1, -0.05) is 12.1 Å². The van der Waals surface area contributed by atoms with Crippen LogP contribution in [-0.4, -0.2) is 57.3 Å². The number of piperidine rings is 1. The maximum absolute atomic E-state index is 12.4. The van der Waals surface area contributed by atoms with Gasteiger partial charge in [-0.25, -0.2) is 8.42 Å². The van der Waals surface area contributed by atoms with Crippen LogP contribution in [0.2, 0.25) is 0 Å². The standard InChI is InChI=1S/C15H19F3N2O3S/c1-24(22,23)13-5-3-2-4-12(13)14(21)19-11-6-8-20(9-7-11)10-15(16,17)18/h2-5,11H,6-10H2,1H3,(H,19,21). The van der Waals surface area contributed by atoms with E-state index in [1.807, 2.05) is 0 Å². The Morgan fingerprint density at radius 2 is 1.83 bits per heavy atom. The number of likely N-dealkylation sites (tertiary alicyclic amines) is 1. The molecular weight excluding hydrogens is 345 g/mol. The van der Waals surface area contributed by atoms with E-state index in [-0.39, 0.29) is 29.6 Å². The number of nitrogens with zero attached hydrogens (tertiary/aromatic N) is 1. The minimum Gasteiger partial charge on any atom is -0.349 e. The summed E-state index contributed by atoms with van der Waals surface area (Å²) in [4.78, 5) is 13.6. The Kier molecular flexibility index (Phi) is 5.54. The Morgan fingerprint density at radius 1 is 1.25 bits per heavy atom. The number of rotatable bonds is 4. The van der Waals surface area contributed by atoms with Crippen LogP contribution in [0.25, 0.3) is 0 Å². The predicted octanol–water partition coefficient (Wildman–Crippen LogP) is 1.85. The second kappa shape index (κ2) is 7.10. The monoisotopic (exact) mass is 364 g/mol. The smallest absolute Gasteiger partial charge is 0.349 e. The molecule has 1 amide bonds. The zero-order valence-corrected chi connectivity index (χ0v) is 14.0. The van der Waals surface area contributed by atoms with Crippen molar-refractivity contribution in [3.63, 3.8) is 0 Å². The Morgan fingerprint density at radius 3 is 2.38 bits per heavy atom. The fourth-order valence-electron chi connectivity index (χ4n) is 2.73. The molecule has 0 atom stereocenters. The molecule has 1 aromatic rings. The van der Waals surface area contributed by atoms with E-state index in [2.05, 4.69) is 5.32 Å². The fourth-order valence-corrected chi connectivity index (χ4v) is 3.62. The highest BCUT2D eigenvalue weighted by atomic mass is 32.2. The zero-order valence-electron chi connectivity index (χ0n) is 13.1. The summed E-state index contributed by atoms with van der Waals surface area (Å²) < 4.78 is 60.5. The molecule has 0 radical (unpaired) electrons. The van der Waals surface area contributed by atoms with Crippen molar-refractivity contribution < 1.29 is 26.4 Å². The van der Waals surface area contributed by atoms with Crippen molar-refractivity contribution in [2.24, 2.45) is 0 Å². The fraction of sp³-hybridized carbons (Fsp3) is 0.533. The lowest BCUT2D eigenvalue weighted by molar-refractivity contribution is -0.148. The van der Waals surface area contributed by atoms with Gasteiger partial charge in [0.15, 0.2) is 9.84 Å². The van der Waals surface area contributed by atoms with Crippen molar-refractivity contribution in [2.75, 3.05) is 25.9 Å². The van der Waals surface area contributed by atoms with Gasteiger partial charge >= 0.3 is 6.18 Å². The number of carbonyl (C=O) groups excluding carboxylic acids is 1. The van der Waals surface area contributed by atoms with Crippen molar-refractivity contribution in [1.82, 2.24) is 10.2 Å². The molecule has 1 heterocycles. The van der Waals surface area contributed by atoms with Crippen LogP contribution in [0, 0.1) is 0 Å². The van der Waals surface area contributed by atoms with Crippen molar-refractivity contribution in [3.05, 3.63) is 29.8 Å². The van der Waals surface area contributed by atoms with Crippen molar-refractivity contribution in [3.8, 4) is 0 Å². The van der Waals surface area contributed by atoms with E-state index in [0.717, 1.165) is 6.26 Å². The van der Waals surface area contributed by atoms with Gasteiger partial charge < -0.3 is 5.32 Å². The highest BCUT2D eigenvalue weighted by molar-refractivity contribution is 7.90. The van der Waals surface area contributed by atoms with E-state index in [9.17, 15) is 26.4 Å². The summed E-state index contributed by atoms with van der Waals surface area (Å²) in [7, 11) is -3.54. The second-order valence-electron chi connectivity index (χ2n) is 5.91. The van der Waals surface area contributed by atoms with E-state index < -0.39 is 28.5 Å². The number of nitrogens with one attached hydrogen (secondary N) is 1. The lowest BCUT2D eigenvalue weighted by Gasteiger charge is -2.32. The summed E-state index contributed by atoms with van der Waals surface area (Å²) in [5.74, 6) is -0.523. The molecule has 134 valence electrons. The molecule has 0 aliphatic carbocycles. The maximum Gasteiger partial charge on any atom is 0.401 e. The molecule has 0 unspecified atom stereocenters. The molecule has 1 aromatic carbocycles. The summed E-state index contributed by atoms with van der Waals surface area (Å²) in [6.07, 6.45) is -2.43. The normalized spacial score (nSPS) is 17.7. The number of hydrogen-bond donors (Lipinski definition) is 1. The Labute approximate surface area is 138 Å². The number of alkyl halides is 3. The predicted molar refractivity (Wildman–Crippen MR) is 82.5 cm³/mol. The summed E-state index contributed by atoms with van der Waals surface area (Å²) in [6, 6.07) is 5.61. The Balaban J connectivity index is 1.98. The quantitative estimate of drug-likeness (QED) is 0.886. The van der Waals surface area contributed by atoms with Gasteiger partial charge in [0.1, 0.15) is 0 Å². The maximum atomic E-state index is 12.4. The summed E-state index contributed by atoms with van der Waals surface area (Å²) >= 11 is 0. The molecule has 5 nitrogen and oxygen atoms in total. The van der Waals surface area contributed by atoms with Gasteiger partial charge in [-0.2, -0.15) is 13.2 Å².